The molecule has 146 valence electrons. The van der Waals surface area contributed by atoms with E-state index in [4.69, 9.17) is 26.4 Å². The molecule has 1 aromatic heterocycles. The van der Waals surface area contributed by atoms with Gasteiger partial charge in [-0.05, 0) is 43.0 Å². The molecule has 0 radical (unpaired) electrons. The molecule has 2 aromatic rings. The van der Waals surface area contributed by atoms with Crippen molar-refractivity contribution in [1.29, 1.82) is 0 Å². The van der Waals surface area contributed by atoms with Crippen molar-refractivity contribution in [2.24, 2.45) is 11.5 Å². The molecular weight excluding hydrogens is 372 g/mol. The van der Waals surface area contributed by atoms with Gasteiger partial charge in [0.1, 0.15) is 22.2 Å². The maximum Gasteiger partial charge on any atom is 0.353 e. The van der Waals surface area contributed by atoms with E-state index in [1.165, 1.54) is 23.5 Å². The summed E-state index contributed by atoms with van der Waals surface area (Å²) in [4.78, 5) is 33.1. The normalized spacial score (nSPS) is 11.0. The fourth-order valence-corrected chi connectivity index (χ4v) is 2.51. The van der Waals surface area contributed by atoms with Crippen molar-refractivity contribution in [3.8, 4) is 5.75 Å². The van der Waals surface area contributed by atoms with E-state index in [0.29, 0.717) is 17.8 Å². The Balaban J connectivity index is 0.000000314. The van der Waals surface area contributed by atoms with E-state index >= 15 is 0 Å². The Morgan fingerprint density at radius 3 is 2.33 bits per heavy atom. The summed E-state index contributed by atoms with van der Waals surface area (Å²) in [5.74, 6) is -2.55. The zero-order chi connectivity index (χ0) is 20.2. The average molecular weight is 394 g/mol. The van der Waals surface area contributed by atoms with E-state index in [0.717, 1.165) is 12.8 Å². The molecule has 0 aliphatic carbocycles. The van der Waals surface area contributed by atoms with Crippen molar-refractivity contribution in [2.45, 2.75) is 25.3 Å². The Morgan fingerprint density at radius 2 is 1.78 bits per heavy atom. The third-order valence-corrected chi connectivity index (χ3v) is 4.18. The van der Waals surface area contributed by atoms with Crippen LogP contribution in [0, 0.1) is 0 Å². The minimum atomic E-state index is -1.13. The Labute approximate surface area is 160 Å². The molecule has 1 aromatic carbocycles. The van der Waals surface area contributed by atoms with Crippen LogP contribution in [0.4, 0.5) is 0 Å². The number of esters is 1. The lowest BCUT2D eigenvalue weighted by Gasteiger charge is -2.05. The maximum atomic E-state index is 11.6. The summed E-state index contributed by atoms with van der Waals surface area (Å²) >= 11 is 1.24. The van der Waals surface area contributed by atoms with Crippen LogP contribution in [0.5, 0.6) is 5.75 Å². The molecule has 0 bridgehead atoms. The summed E-state index contributed by atoms with van der Waals surface area (Å²) < 4.78 is 5.04. The monoisotopic (exact) mass is 394 g/mol. The van der Waals surface area contributed by atoms with Crippen LogP contribution >= 0.6 is 11.3 Å². The average Bonchev–Trinajstić information content (AvgIpc) is 3.17. The lowest BCUT2D eigenvalue weighted by atomic mass is 10.1. The number of carboxylic acid groups (broad SMARTS) is 2. The SMILES string of the molecule is NCCCCC(N)C(=O)O.O=C(Oc1ccccc1C(=O)O)c1cccs1. The van der Waals surface area contributed by atoms with E-state index in [-0.39, 0.29) is 11.3 Å². The predicted octanol–water partition coefficient (Wildman–Crippen LogP) is 2.19. The zero-order valence-corrected chi connectivity index (χ0v) is 15.4. The fraction of sp³-hybridized carbons (Fsp3) is 0.278. The molecule has 2 rings (SSSR count). The highest BCUT2D eigenvalue weighted by Gasteiger charge is 2.15. The Hall–Kier alpha value is -2.75. The topological polar surface area (TPSA) is 153 Å². The Morgan fingerprint density at radius 1 is 1.07 bits per heavy atom. The third-order valence-electron chi connectivity index (χ3n) is 3.33. The molecule has 6 N–H and O–H groups in total. The van der Waals surface area contributed by atoms with Crippen LogP contribution in [-0.4, -0.2) is 40.7 Å². The molecule has 1 unspecified atom stereocenters. The van der Waals surface area contributed by atoms with Gasteiger partial charge in [-0.1, -0.05) is 24.6 Å². The molecule has 0 saturated heterocycles. The van der Waals surface area contributed by atoms with Gasteiger partial charge in [-0.15, -0.1) is 11.3 Å². The molecule has 27 heavy (non-hydrogen) atoms. The molecule has 0 aliphatic heterocycles. The highest BCUT2D eigenvalue weighted by molar-refractivity contribution is 7.12. The van der Waals surface area contributed by atoms with Crippen molar-refractivity contribution >= 4 is 29.2 Å². The van der Waals surface area contributed by atoms with Gasteiger partial charge in [0, 0.05) is 0 Å². The van der Waals surface area contributed by atoms with Gasteiger partial charge in [0.05, 0.1) is 0 Å². The van der Waals surface area contributed by atoms with Crippen LogP contribution in [-0.2, 0) is 4.79 Å². The Bertz CT molecular complexity index is 748. The van der Waals surface area contributed by atoms with Gasteiger partial charge in [0.2, 0.25) is 0 Å². The van der Waals surface area contributed by atoms with Crippen LogP contribution in [0.3, 0.4) is 0 Å². The summed E-state index contributed by atoms with van der Waals surface area (Å²) in [6.45, 7) is 0.604. The molecule has 8 nitrogen and oxygen atoms in total. The predicted molar refractivity (Wildman–Crippen MR) is 101 cm³/mol. The van der Waals surface area contributed by atoms with Gasteiger partial charge in [-0.25, -0.2) is 9.59 Å². The number of benzene rings is 1. The fourth-order valence-electron chi connectivity index (χ4n) is 1.91. The number of thiophene rings is 1. The summed E-state index contributed by atoms with van der Waals surface area (Å²) in [6, 6.07) is 8.66. The standard InChI is InChI=1S/C12H8O4S.C6H14N2O2/c13-11(14)8-4-1-2-5-9(8)16-12(15)10-6-3-7-17-10;7-4-2-1-3-5(8)6(9)10/h1-7H,(H,13,14);5H,1-4,7-8H2,(H,9,10). The first-order chi connectivity index (χ1) is 12.9. The van der Waals surface area contributed by atoms with Crippen LogP contribution < -0.4 is 16.2 Å². The van der Waals surface area contributed by atoms with E-state index < -0.39 is 23.9 Å². The van der Waals surface area contributed by atoms with Crippen molar-refractivity contribution in [3.05, 3.63) is 52.2 Å². The van der Waals surface area contributed by atoms with Gasteiger partial charge in [-0.3, -0.25) is 4.79 Å². The van der Waals surface area contributed by atoms with Crippen LogP contribution in [0.2, 0.25) is 0 Å². The molecule has 9 heteroatoms. The quantitative estimate of drug-likeness (QED) is 0.302. The van der Waals surface area contributed by atoms with Crippen LogP contribution in [0.25, 0.3) is 0 Å². The van der Waals surface area contributed by atoms with Crippen molar-refractivity contribution < 1.29 is 29.3 Å². The second kappa shape index (κ2) is 11.8. The van der Waals surface area contributed by atoms with E-state index in [1.807, 2.05) is 0 Å². The van der Waals surface area contributed by atoms with Gasteiger partial charge in [0.15, 0.2) is 0 Å². The molecule has 0 spiro atoms. The number of rotatable bonds is 8. The molecule has 0 fully saturated rings. The molecule has 0 aliphatic rings. The number of carbonyl (C=O) groups excluding carboxylic acids is 1. The summed E-state index contributed by atoms with van der Waals surface area (Å²) in [5, 5.41) is 19.0. The number of carboxylic acids is 2. The van der Waals surface area contributed by atoms with Crippen LogP contribution in [0.15, 0.2) is 41.8 Å². The summed E-state index contributed by atoms with van der Waals surface area (Å²) in [7, 11) is 0. The number of nitrogens with two attached hydrogens (primary N) is 2. The minimum absolute atomic E-state index is 0.0302. The number of unbranched alkanes of at least 4 members (excludes halogenated alkanes) is 1. The number of carbonyl (C=O) groups is 3. The minimum Gasteiger partial charge on any atom is -0.480 e. The third kappa shape index (κ3) is 7.99. The second-order valence-electron chi connectivity index (χ2n) is 5.40. The van der Waals surface area contributed by atoms with Crippen molar-refractivity contribution in [3.63, 3.8) is 0 Å². The largest absolute Gasteiger partial charge is 0.480 e. The van der Waals surface area contributed by atoms with E-state index in [1.54, 1.807) is 29.6 Å². The smallest absolute Gasteiger partial charge is 0.353 e. The van der Waals surface area contributed by atoms with Gasteiger partial charge >= 0.3 is 17.9 Å². The van der Waals surface area contributed by atoms with Crippen molar-refractivity contribution in [1.82, 2.24) is 0 Å². The number of ether oxygens (including phenoxy) is 1. The van der Waals surface area contributed by atoms with E-state index in [9.17, 15) is 14.4 Å². The van der Waals surface area contributed by atoms with Gasteiger partial charge in [-0.2, -0.15) is 0 Å². The summed E-state index contributed by atoms with van der Waals surface area (Å²) in [5.41, 5.74) is 10.4. The molecule has 0 amide bonds. The number of aliphatic carboxylic acids is 1. The number of hydrogen-bond donors (Lipinski definition) is 4. The highest BCUT2D eigenvalue weighted by atomic mass is 32.1. The van der Waals surface area contributed by atoms with Gasteiger partial charge in [0.25, 0.3) is 0 Å². The first-order valence-electron chi connectivity index (χ1n) is 8.13. The summed E-state index contributed by atoms with van der Waals surface area (Å²) in [6.07, 6.45) is 2.16. The zero-order valence-electron chi connectivity index (χ0n) is 14.5. The van der Waals surface area contributed by atoms with Crippen LogP contribution in [0.1, 0.15) is 39.3 Å². The second-order valence-corrected chi connectivity index (χ2v) is 6.35. The maximum absolute atomic E-state index is 11.6. The number of aromatic carboxylic acids is 1. The van der Waals surface area contributed by atoms with Crippen molar-refractivity contribution in [2.75, 3.05) is 6.54 Å². The first-order valence-corrected chi connectivity index (χ1v) is 9.01. The van der Waals surface area contributed by atoms with Gasteiger partial charge < -0.3 is 26.4 Å². The molecule has 1 heterocycles. The lowest BCUT2D eigenvalue weighted by molar-refractivity contribution is -0.138. The number of hydrogen-bond acceptors (Lipinski definition) is 7. The molecule has 0 saturated carbocycles. The lowest BCUT2D eigenvalue weighted by Crippen LogP contribution is -2.29. The van der Waals surface area contributed by atoms with E-state index in [2.05, 4.69) is 0 Å². The first kappa shape index (κ1) is 22.3. The number of para-hydroxylation sites is 1. The molecule has 1 atom stereocenters. The molecular formula is C18H22N2O6S. The Kier molecular flexibility index (Phi) is 9.73. The highest BCUT2D eigenvalue weighted by Crippen LogP contribution is 2.20.